The van der Waals surface area contributed by atoms with E-state index in [2.05, 4.69) is 9.84 Å². The van der Waals surface area contributed by atoms with Crippen molar-refractivity contribution in [1.82, 2.24) is 5.01 Å². The van der Waals surface area contributed by atoms with E-state index in [-0.39, 0.29) is 6.54 Å². The van der Waals surface area contributed by atoms with Crippen LogP contribution in [0.25, 0.3) is 0 Å². The summed E-state index contributed by atoms with van der Waals surface area (Å²) in [7, 11) is 0. The highest BCUT2D eigenvalue weighted by Crippen LogP contribution is 2.11. The molecule has 0 bridgehead atoms. The number of carbonyl (C=O) groups excluding carboxylic acids is 1. The van der Waals surface area contributed by atoms with Gasteiger partial charge in [0, 0.05) is 0 Å². The third kappa shape index (κ3) is 2.00. The molecule has 8 nitrogen and oxygen atoms in total. The summed E-state index contributed by atoms with van der Waals surface area (Å²) in [6.45, 7) is -0.205. The fraction of sp³-hybridized carbons (Fsp3) is 0.250. The van der Waals surface area contributed by atoms with Gasteiger partial charge in [0.25, 0.3) is 0 Å². The second-order valence-corrected chi connectivity index (χ2v) is 2.97. The number of hydrazone groups is 1. The second kappa shape index (κ2) is 4.01. The third-order valence-electron chi connectivity index (χ3n) is 1.88. The Kier molecular flexibility index (Phi) is 2.54. The Hall–Kier alpha value is -2.38. The Bertz CT molecular complexity index is 427. The lowest BCUT2D eigenvalue weighted by Crippen LogP contribution is -2.24. The van der Waals surface area contributed by atoms with E-state index < -0.39 is 17.2 Å². The smallest absolute Gasteiger partial charge is 0.436 e. The molecule has 1 atom stereocenters. The number of rotatable bonds is 3. The number of amides is 1. The minimum Gasteiger partial charge on any atom is -0.463 e. The van der Waals surface area contributed by atoms with Crippen LogP contribution in [0.2, 0.25) is 0 Å². The maximum absolute atomic E-state index is 11.1. The summed E-state index contributed by atoms with van der Waals surface area (Å²) >= 11 is 0. The lowest BCUT2D eigenvalue weighted by Gasteiger charge is -2.00. The molecule has 1 aliphatic heterocycles. The van der Waals surface area contributed by atoms with Gasteiger partial charge in [-0.25, -0.2) is 4.79 Å². The van der Waals surface area contributed by atoms with Crippen molar-refractivity contribution >= 4 is 12.3 Å². The van der Waals surface area contributed by atoms with Gasteiger partial charge in [-0.15, -0.1) is 0 Å². The predicted molar refractivity (Wildman–Crippen MR) is 50.3 cm³/mol. The van der Waals surface area contributed by atoms with Gasteiger partial charge in [-0.2, -0.15) is 10.1 Å². The van der Waals surface area contributed by atoms with Gasteiger partial charge in [0.15, 0.2) is 6.54 Å². The fourth-order valence-corrected chi connectivity index (χ4v) is 1.13. The van der Waals surface area contributed by atoms with Gasteiger partial charge < -0.3 is 9.15 Å². The van der Waals surface area contributed by atoms with Crippen molar-refractivity contribution < 1.29 is 18.9 Å². The molecule has 2 rings (SSSR count). The van der Waals surface area contributed by atoms with Gasteiger partial charge in [-0.05, 0) is 12.1 Å². The van der Waals surface area contributed by atoms with Crippen molar-refractivity contribution in [2.75, 3.05) is 6.54 Å². The molecule has 8 heteroatoms. The van der Waals surface area contributed by atoms with Crippen molar-refractivity contribution in [3.05, 3.63) is 34.3 Å². The van der Waals surface area contributed by atoms with Crippen LogP contribution in [0, 0.1) is 10.1 Å². The molecule has 0 radical (unpaired) electrons. The highest BCUT2D eigenvalue weighted by Gasteiger charge is 2.39. The molecule has 1 aromatic heterocycles. The van der Waals surface area contributed by atoms with E-state index in [0.29, 0.717) is 5.76 Å². The number of furan rings is 1. The van der Waals surface area contributed by atoms with Crippen LogP contribution >= 0.6 is 0 Å². The molecular weight excluding hydrogens is 218 g/mol. The second-order valence-electron chi connectivity index (χ2n) is 2.97. The molecule has 16 heavy (non-hydrogen) atoms. The highest BCUT2D eigenvalue weighted by atomic mass is 16.7. The molecule has 0 aliphatic carbocycles. The van der Waals surface area contributed by atoms with Gasteiger partial charge in [0.2, 0.25) is 0 Å². The van der Waals surface area contributed by atoms with Crippen molar-refractivity contribution in [1.29, 1.82) is 0 Å². The minimum absolute atomic E-state index is 0.205. The van der Waals surface area contributed by atoms with Crippen LogP contribution in [0.5, 0.6) is 0 Å². The van der Waals surface area contributed by atoms with E-state index in [9.17, 15) is 14.9 Å². The van der Waals surface area contributed by atoms with Crippen molar-refractivity contribution in [2.24, 2.45) is 5.10 Å². The van der Waals surface area contributed by atoms with Gasteiger partial charge in [0.05, 0.1) is 17.4 Å². The van der Waals surface area contributed by atoms with E-state index in [1.807, 2.05) is 0 Å². The first kappa shape index (κ1) is 10.1. The molecule has 1 saturated heterocycles. The van der Waals surface area contributed by atoms with Gasteiger partial charge in [0.1, 0.15) is 5.76 Å². The van der Waals surface area contributed by atoms with Crippen molar-refractivity contribution in [3.8, 4) is 0 Å². The number of cyclic esters (lactones) is 1. The maximum atomic E-state index is 11.1. The topological polar surface area (TPSA) is 98.2 Å². The first-order valence-electron chi connectivity index (χ1n) is 4.36. The summed E-state index contributed by atoms with van der Waals surface area (Å²) < 4.78 is 9.39. The highest BCUT2D eigenvalue weighted by molar-refractivity contribution is 5.78. The van der Waals surface area contributed by atoms with Crippen LogP contribution in [0.4, 0.5) is 4.79 Å². The average Bonchev–Trinajstić information content (AvgIpc) is 2.84. The van der Waals surface area contributed by atoms with Crippen LogP contribution in [0.1, 0.15) is 5.76 Å². The van der Waals surface area contributed by atoms with Crippen LogP contribution in [0.3, 0.4) is 0 Å². The SMILES string of the molecule is O=C1OC([N+](=O)[O-])CN1N=Cc1ccco1. The Morgan fingerprint density at radius 3 is 3.06 bits per heavy atom. The Morgan fingerprint density at radius 1 is 1.69 bits per heavy atom. The third-order valence-corrected chi connectivity index (χ3v) is 1.88. The molecule has 0 saturated carbocycles. The quantitative estimate of drug-likeness (QED) is 0.427. The molecule has 0 spiro atoms. The van der Waals surface area contributed by atoms with Gasteiger partial charge in [-0.1, -0.05) is 0 Å². The van der Waals surface area contributed by atoms with Crippen molar-refractivity contribution in [2.45, 2.75) is 6.23 Å². The average molecular weight is 225 g/mol. The number of ether oxygens (including phenoxy) is 1. The van der Waals surface area contributed by atoms with E-state index in [0.717, 1.165) is 5.01 Å². The first-order valence-corrected chi connectivity index (χ1v) is 4.36. The zero-order chi connectivity index (χ0) is 11.5. The largest absolute Gasteiger partial charge is 0.463 e. The molecule has 1 unspecified atom stereocenters. The number of hydrogen-bond acceptors (Lipinski definition) is 6. The standard InChI is InChI=1S/C8H7N3O5/c12-8-10(5-7(16-8)11(13)14)9-4-6-2-1-3-15-6/h1-4,7H,5H2. The maximum Gasteiger partial charge on any atom is 0.436 e. The molecule has 1 aromatic rings. The molecule has 0 aromatic carbocycles. The molecule has 1 amide bonds. The van der Waals surface area contributed by atoms with E-state index in [1.165, 1.54) is 12.5 Å². The summed E-state index contributed by atoms with van der Waals surface area (Å²) in [4.78, 5) is 20.8. The molecule has 84 valence electrons. The predicted octanol–water partition coefficient (Wildman–Crippen LogP) is 0.668. The van der Waals surface area contributed by atoms with Crippen LogP contribution in [-0.2, 0) is 4.74 Å². The number of carbonyl (C=O) groups is 1. The zero-order valence-electron chi connectivity index (χ0n) is 7.98. The number of nitrogens with zero attached hydrogens (tertiary/aromatic N) is 3. The summed E-state index contributed by atoms with van der Waals surface area (Å²) in [6.07, 6.45) is 0.526. The Morgan fingerprint density at radius 2 is 2.50 bits per heavy atom. The minimum atomic E-state index is -1.36. The normalized spacial score (nSPS) is 20.4. The molecular formula is C8H7N3O5. The van der Waals surface area contributed by atoms with Gasteiger partial charge >= 0.3 is 12.3 Å². The summed E-state index contributed by atoms with van der Waals surface area (Å²) in [5.41, 5.74) is 0. The number of nitro groups is 1. The van der Waals surface area contributed by atoms with Gasteiger partial charge in [-0.3, -0.25) is 10.1 Å². The zero-order valence-corrected chi connectivity index (χ0v) is 7.98. The molecule has 1 aliphatic rings. The van der Waals surface area contributed by atoms with Crippen LogP contribution in [-0.4, -0.2) is 35.0 Å². The lowest BCUT2D eigenvalue weighted by atomic mass is 10.5. The molecule has 2 heterocycles. The van der Waals surface area contributed by atoms with E-state index in [1.54, 1.807) is 12.1 Å². The van der Waals surface area contributed by atoms with E-state index >= 15 is 0 Å². The molecule has 1 fully saturated rings. The van der Waals surface area contributed by atoms with E-state index in [4.69, 9.17) is 4.42 Å². The summed E-state index contributed by atoms with van der Waals surface area (Å²) in [6, 6.07) is 3.29. The Balaban J connectivity index is 2.01. The monoisotopic (exact) mass is 225 g/mol. The molecule has 0 N–H and O–H groups in total. The first-order chi connectivity index (χ1) is 7.66. The van der Waals surface area contributed by atoms with Crippen LogP contribution in [0.15, 0.2) is 27.9 Å². The lowest BCUT2D eigenvalue weighted by molar-refractivity contribution is -0.559. The van der Waals surface area contributed by atoms with Crippen LogP contribution < -0.4 is 0 Å². The number of hydrogen-bond donors (Lipinski definition) is 0. The Labute approximate surface area is 89.2 Å². The van der Waals surface area contributed by atoms with Crippen molar-refractivity contribution in [3.63, 3.8) is 0 Å². The summed E-state index contributed by atoms with van der Waals surface area (Å²) in [5.74, 6) is 0.442. The fourth-order valence-electron chi connectivity index (χ4n) is 1.13. The summed E-state index contributed by atoms with van der Waals surface area (Å²) in [5, 5.41) is 14.9.